The number of aliphatic imine (C=N–C) groups is 1. The van der Waals surface area contributed by atoms with E-state index in [4.69, 9.17) is 0 Å². The van der Waals surface area contributed by atoms with Crippen LogP contribution in [0.2, 0.25) is 0 Å². The number of piperazine rings is 1. The number of nitrogens with one attached hydrogen (secondary N) is 1. The summed E-state index contributed by atoms with van der Waals surface area (Å²) in [5, 5.41) is 3.33. The fraction of sp³-hybridized carbons (Fsp3) is 0.579. The zero-order chi connectivity index (χ0) is 20.3. The predicted octanol–water partition coefficient (Wildman–Crippen LogP) is 2.49. The maximum Gasteiger partial charge on any atom is 0.403 e. The molecule has 0 radical (unpaired) electrons. The number of fused-ring (bicyclic) bond motifs is 1. The van der Waals surface area contributed by atoms with E-state index in [1.807, 2.05) is 36.1 Å². The van der Waals surface area contributed by atoms with E-state index < -0.39 is 12.2 Å². The van der Waals surface area contributed by atoms with Gasteiger partial charge < -0.3 is 14.8 Å². The lowest BCUT2D eigenvalue weighted by molar-refractivity contribution is -0.181. The first kappa shape index (κ1) is 20.4. The Labute approximate surface area is 163 Å². The van der Waals surface area contributed by atoms with Crippen molar-refractivity contribution >= 4 is 17.0 Å². The molecule has 9 heteroatoms. The number of benzene rings is 1. The fourth-order valence-electron chi connectivity index (χ4n) is 3.62. The van der Waals surface area contributed by atoms with Crippen LogP contribution in [-0.4, -0.2) is 77.3 Å². The summed E-state index contributed by atoms with van der Waals surface area (Å²) in [6.45, 7) is 6.37. The minimum absolute atomic E-state index is 0.368. The van der Waals surface area contributed by atoms with E-state index in [2.05, 4.69) is 19.9 Å². The smallest absolute Gasteiger partial charge is 0.354 e. The SMILES string of the molecule is CN=C(NCCn1c(C)nc2ccccc21)N1CCN(C(C)C(F)(F)F)CC1. The summed E-state index contributed by atoms with van der Waals surface area (Å²) in [5.41, 5.74) is 2.06. The van der Waals surface area contributed by atoms with E-state index in [1.54, 1.807) is 7.05 Å². The molecular formula is C19H27F3N6. The highest BCUT2D eigenvalue weighted by Crippen LogP contribution is 2.25. The van der Waals surface area contributed by atoms with Crippen molar-refractivity contribution in [3.05, 3.63) is 30.1 Å². The summed E-state index contributed by atoms with van der Waals surface area (Å²) in [5.74, 6) is 1.68. The fourth-order valence-corrected chi connectivity index (χ4v) is 3.62. The van der Waals surface area contributed by atoms with E-state index in [9.17, 15) is 13.2 Å². The van der Waals surface area contributed by atoms with Gasteiger partial charge in [0, 0.05) is 46.3 Å². The van der Waals surface area contributed by atoms with Gasteiger partial charge in [-0.15, -0.1) is 0 Å². The molecule has 2 heterocycles. The van der Waals surface area contributed by atoms with E-state index in [0.29, 0.717) is 32.7 Å². The van der Waals surface area contributed by atoms with Gasteiger partial charge in [0.25, 0.3) is 0 Å². The molecule has 1 aliphatic rings. The van der Waals surface area contributed by atoms with Crippen molar-refractivity contribution in [1.82, 2.24) is 24.7 Å². The lowest BCUT2D eigenvalue weighted by Crippen LogP contribution is -2.56. The van der Waals surface area contributed by atoms with Crippen molar-refractivity contribution in [1.29, 1.82) is 0 Å². The number of rotatable bonds is 4. The Morgan fingerprint density at radius 2 is 1.89 bits per heavy atom. The molecule has 6 nitrogen and oxygen atoms in total. The Hall–Kier alpha value is -2.29. The van der Waals surface area contributed by atoms with E-state index in [-0.39, 0.29) is 0 Å². The van der Waals surface area contributed by atoms with Gasteiger partial charge in [-0.1, -0.05) is 12.1 Å². The van der Waals surface area contributed by atoms with Crippen LogP contribution in [0.15, 0.2) is 29.3 Å². The summed E-state index contributed by atoms with van der Waals surface area (Å²) < 4.78 is 40.9. The van der Waals surface area contributed by atoms with Crippen molar-refractivity contribution in [3.63, 3.8) is 0 Å². The standard InChI is InChI=1S/C19H27F3N6/c1-14(19(20,21)22)26-10-12-27(13-11-26)18(23-3)24-8-9-28-15(2)25-16-6-4-5-7-17(16)28/h4-7,14H,8-13H2,1-3H3,(H,23,24). The van der Waals surface area contributed by atoms with Gasteiger partial charge in [-0.05, 0) is 26.0 Å². The second-order valence-electron chi connectivity index (χ2n) is 7.01. The molecule has 0 saturated carbocycles. The maximum absolute atomic E-state index is 12.9. The van der Waals surface area contributed by atoms with Crippen molar-refractivity contribution in [2.45, 2.75) is 32.6 Å². The van der Waals surface area contributed by atoms with E-state index in [1.165, 1.54) is 11.8 Å². The number of guanidine groups is 1. The first-order valence-corrected chi connectivity index (χ1v) is 9.49. The number of hydrogen-bond donors (Lipinski definition) is 1. The summed E-state index contributed by atoms with van der Waals surface area (Å²) in [7, 11) is 1.70. The first-order valence-electron chi connectivity index (χ1n) is 9.49. The van der Waals surface area contributed by atoms with Crippen LogP contribution in [0.5, 0.6) is 0 Å². The third kappa shape index (κ3) is 4.40. The summed E-state index contributed by atoms with van der Waals surface area (Å²) in [6, 6.07) is 6.59. The number of para-hydroxylation sites is 2. The van der Waals surface area contributed by atoms with Crippen LogP contribution in [0.4, 0.5) is 13.2 Å². The normalized spacial score (nSPS) is 17.9. The molecule has 1 N–H and O–H groups in total. The van der Waals surface area contributed by atoms with Crippen LogP contribution in [-0.2, 0) is 6.54 Å². The number of alkyl halides is 3. The van der Waals surface area contributed by atoms with Crippen molar-refractivity contribution < 1.29 is 13.2 Å². The van der Waals surface area contributed by atoms with Crippen LogP contribution in [0, 0.1) is 6.92 Å². The van der Waals surface area contributed by atoms with E-state index >= 15 is 0 Å². The van der Waals surface area contributed by atoms with Crippen molar-refractivity contribution in [2.24, 2.45) is 4.99 Å². The van der Waals surface area contributed by atoms with Gasteiger partial charge in [0.2, 0.25) is 0 Å². The van der Waals surface area contributed by atoms with Crippen LogP contribution in [0.3, 0.4) is 0 Å². The van der Waals surface area contributed by atoms with E-state index in [0.717, 1.165) is 29.4 Å². The molecule has 1 aromatic carbocycles. The number of nitrogens with zero attached hydrogens (tertiary/aromatic N) is 5. The highest BCUT2D eigenvalue weighted by Gasteiger charge is 2.41. The third-order valence-electron chi connectivity index (χ3n) is 5.31. The monoisotopic (exact) mass is 396 g/mol. The molecule has 1 saturated heterocycles. The molecular weight excluding hydrogens is 369 g/mol. The van der Waals surface area contributed by atoms with Gasteiger partial charge in [0.1, 0.15) is 11.9 Å². The molecule has 0 amide bonds. The second-order valence-corrected chi connectivity index (χ2v) is 7.01. The minimum atomic E-state index is -4.19. The molecule has 0 aliphatic carbocycles. The Bertz CT molecular complexity index is 821. The number of hydrogen-bond acceptors (Lipinski definition) is 3. The molecule has 1 aromatic heterocycles. The van der Waals surface area contributed by atoms with Crippen LogP contribution in [0.25, 0.3) is 11.0 Å². The summed E-state index contributed by atoms with van der Waals surface area (Å²) in [6.07, 6.45) is -4.19. The Kier molecular flexibility index (Phi) is 6.12. The van der Waals surface area contributed by atoms with Gasteiger partial charge in [-0.25, -0.2) is 4.98 Å². The maximum atomic E-state index is 12.9. The average molecular weight is 396 g/mol. The zero-order valence-corrected chi connectivity index (χ0v) is 16.5. The number of halogens is 3. The van der Waals surface area contributed by atoms with Gasteiger partial charge in [-0.2, -0.15) is 13.2 Å². The molecule has 154 valence electrons. The number of aromatic nitrogens is 2. The molecule has 2 aromatic rings. The Balaban J connectivity index is 1.54. The van der Waals surface area contributed by atoms with Crippen LogP contribution in [0.1, 0.15) is 12.7 Å². The molecule has 1 fully saturated rings. The number of imidazole rings is 1. The molecule has 0 bridgehead atoms. The third-order valence-corrected chi connectivity index (χ3v) is 5.31. The van der Waals surface area contributed by atoms with Crippen LogP contribution < -0.4 is 5.32 Å². The predicted molar refractivity (Wildman–Crippen MR) is 104 cm³/mol. The highest BCUT2D eigenvalue weighted by atomic mass is 19.4. The lowest BCUT2D eigenvalue weighted by Gasteiger charge is -2.39. The van der Waals surface area contributed by atoms with Gasteiger partial charge in [-0.3, -0.25) is 9.89 Å². The molecule has 1 aliphatic heterocycles. The Morgan fingerprint density at radius 3 is 2.54 bits per heavy atom. The van der Waals surface area contributed by atoms with Gasteiger partial charge in [0.15, 0.2) is 5.96 Å². The Morgan fingerprint density at radius 1 is 1.21 bits per heavy atom. The quantitative estimate of drug-likeness (QED) is 0.637. The minimum Gasteiger partial charge on any atom is -0.354 e. The van der Waals surface area contributed by atoms with Crippen LogP contribution >= 0.6 is 0 Å². The van der Waals surface area contributed by atoms with Gasteiger partial charge in [0.05, 0.1) is 11.0 Å². The zero-order valence-electron chi connectivity index (χ0n) is 16.5. The lowest BCUT2D eigenvalue weighted by atomic mass is 10.2. The van der Waals surface area contributed by atoms with Gasteiger partial charge >= 0.3 is 6.18 Å². The molecule has 1 unspecified atom stereocenters. The second kappa shape index (κ2) is 8.38. The molecule has 28 heavy (non-hydrogen) atoms. The molecule has 0 spiro atoms. The first-order chi connectivity index (χ1) is 13.3. The average Bonchev–Trinajstić information content (AvgIpc) is 2.99. The largest absolute Gasteiger partial charge is 0.403 e. The number of aryl methyl sites for hydroxylation is 1. The molecule has 1 atom stereocenters. The highest BCUT2D eigenvalue weighted by molar-refractivity contribution is 5.80. The topological polar surface area (TPSA) is 48.7 Å². The van der Waals surface area contributed by atoms with Crippen molar-refractivity contribution in [3.8, 4) is 0 Å². The summed E-state index contributed by atoms with van der Waals surface area (Å²) >= 11 is 0. The van der Waals surface area contributed by atoms with Crippen molar-refractivity contribution in [2.75, 3.05) is 39.8 Å². The molecule has 3 rings (SSSR count). The summed E-state index contributed by atoms with van der Waals surface area (Å²) in [4.78, 5) is 12.4.